The molecule has 0 saturated heterocycles. The zero-order chi connectivity index (χ0) is 18.4. The fraction of sp³-hybridized carbons (Fsp3) is 0.0455. The number of H-pyrrole nitrogens is 1. The van der Waals surface area contributed by atoms with Crippen molar-refractivity contribution in [3.05, 3.63) is 72.4 Å². The first-order valence-corrected chi connectivity index (χ1v) is 8.61. The second-order valence-electron chi connectivity index (χ2n) is 6.37. The summed E-state index contributed by atoms with van der Waals surface area (Å²) in [6.45, 7) is 0. The van der Waals surface area contributed by atoms with Crippen molar-refractivity contribution < 1.29 is 13.9 Å². The molecule has 0 aliphatic carbocycles. The molecule has 5 aromatic rings. The van der Waals surface area contributed by atoms with Crippen LogP contribution in [0.15, 0.2) is 71.1 Å². The maximum absolute atomic E-state index is 12.7. The number of carbonyl (C=O) groups excluding carboxylic acids is 1. The van der Waals surface area contributed by atoms with Gasteiger partial charge in [0.1, 0.15) is 22.6 Å². The number of aromatic nitrogens is 1. The van der Waals surface area contributed by atoms with Crippen LogP contribution >= 0.6 is 0 Å². The number of ether oxygens (including phenoxy) is 1. The van der Waals surface area contributed by atoms with Gasteiger partial charge in [0.15, 0.2) is 0 Å². The van der Waals surface area contributed by atoms with Crippen LogP contribution < -0.4 is 10.1 Å². The number of benzene rings is 3. The van der Waals surface area contributed by atoms with Gasteiger partial charge in [-0.05, 0) is 24.3 Å². The molecule has 5 heteroatoms. The van der Waals surface area contributed by atoms with Crippen molar-refractivity contribution in [2.45, 2.75) is 0 Å². The van der Waals surface area contributed by atoms with E-state index >= 15 is 0 Å². The van der Waals surface area contributed by atoms with Crippen LogP contribution in [0.3, 0.4) is 0 Å². The van der Waals surface area contributed by atoms with Crippen LogP contribution in [-0.2, 0) is 0 Å². The van der Waals surface area contributed by atoms with Crippen LogP contribution in [-0.4, -0.2) is 18.0 Å². The summed E-state index contributed by atoms with van der Waals surface area (Å²) in [6.07, 6.45) is 0. The Morgan fingerprint density at radius 3 is 2.63 bits per heavy atom. The first-order valence-electron chi connectivity index (χ1n) is 8.61. The Bertz CT molecular complexity index is 1280. The van der Waals surface area contributed by atoms with Crippen LogP contribution in [0, 0.1) is 0 Å². The van der Waals surface area contributed by atoms with E-state index in [1.165, 1.54) is 0 Å². The third kappa shape index (κ3) is 2.52. The summed E-state index contributed by atoms with van der Waals surface area (Å²) in [7, 11) is 1.59. The Kier molecular flexibility index (Phi) is 3.40. The first kappa shape index (κ1) is 15.5. The summed E-state index contributed by atoms with van der Waals surface area (Å²) < 4.78 is 11.4. The van der Waals surface area contributed by atoms with Crippen molar-refractivity contribution in [1.82, 2.24) is 4.98 Å². The van der Waals surface area contributed by atoms with E-state index in [0.717, 1.165) is 27.3 Å². The predicted molar refractivity (Wildman–Crippen MR) is 107 cm³/mol. The standard InChI is InChI=1S/C22H16N2O3/c1-26-21-11-15-14-7-3-5-9-19(14)27-20(15)12-17(21)24-22(25)18-10-13-6-2-4-8-16(13)23-18/h2-12,23H,1H3,(H,24,25). The highest BCUT2D eigenvalue weighted by Gasteiger charge is 2.16. The first-order chi connectivity index (χ1) is 13.2. The third-order valence-corrected chi connectivity index (χ3v) is 4.72. The molecule has 132 valence electrons. The van der Waals surface area contributed by atoms with E-state index in [-0.39, 0.29) is 5.91 Å². The average Bonchev–Trinajstić information content (AvgIpc) is 3.28. The number of amides is 1. The van der Waals surface area contributed by atoms with E-state index in [4.69, 9.17) is 9.15 Å². The number of furan rings is 1. The van der Waals surface area contributed by atoms with Crippen LogP contribution in [0.1, 0.15) is 10.5 Å². The van der Waals surface area contributed by atoms with E-state index in [1.807, 2.05) is 60.7 Å². The molecule has 2 heterocycles. The molecule has 2 aromatic heterocycles. The summed E-state index contributed by atoms with van der Waals surface area (Å²) >= 11 is 0. The molecular weight excluding hydrogens is 340 g/mol. The van der Waals surface area contributed by atoms with Crippen molar-refractivity contribution in [3.8, 4) is 5.75 Å². The highest BCUT2D eigenvalue weighted by molar-refractivity contribution is 6.10. The number of nitrogens with one attached hydrogen (secondary N) is 2. The monoisotopic (exact) mass is 356 g/mol. The van der Waals surface area contributed by atoms with Gasteiger partial charge >= 0.3 is 0 Å². The van der Waals surface area contributed by atoms with Gasteiger partial charge < -0.3 is 19.5 Å². The summed E-state index contributed by atoms with van der Waals surface area (Å²) in [5.41, 5.74) is 3.47. The number of para-hydroxylation sites is 2. The van der Waals surface area contributed by atoms with Gasteiger partial charge in [0.05, 0.1) is 12.8 Å². The van der Waals surface area contributed by atoms with Gasteiger partial charge in [-0.2, -0.15) is 0 Å². The van der Waals surface area contributed by atoms with E-state index in [0.29, 0.717) is 22.7 Å². The molecule has 5 nitrogen and oxygen atoms in total. The summed E-state index contributed by atoms with van der Waals surface area (Å²) in [6, 6.07) is 21.1. The van der Waals surface area contributed by atoms with Crippen molar-refractivity contribution >= 4 is 44.4 Å². The van der Waals surface area contributed by atoms with E-state index < -0.39 is 0 Å². The van der Waals surface area contributed by atoms with Crippen LogP contribution in [0.2, 0.25) is 0 Å². The lowest BCUT2D eigenvalue weighted by Crippen LogP contribution is -2.13. The number of rotatable bonds is 3. The summed E-state index contributed by atoms with van der Waals surface area (Å²) in [5.74, 6) is 0.346. The smallest absolute Gasteiger partial charge is 0.272 e. The number of hydrogen-bond acceptors (Lipinski definition) is 3. The molecule has 1 amide bonds. The molecule has 0 saturated carbocycles. The van der Waals surface area contributed by atoms with Crippen LogP contribution in [0.4, 0.5) is 5.69 Å². The lowest BCUT2D eigenvalue weighted by atomic mass is 10.1. The lowest BCUT2D eigenvalue weighted by Gasteiger charge is -2.09. The number of carbonyl (C=O) groups is 1. The van der Waals surface area contributed by atoms with E-state index in [9.17, 15) is 4.79 Å². The van der Waals surface area contributed by atoms with E-state index in [1.54, 1.807) is 13.2 Å². The molecule has 0 fully saturated rings. The minimum atomic E-state index is -0.236. The van der Waals surface area contributed by atoms with Gasteiger partial charge in [-0.15, -0.1) is 0 Å². The van der Waals surface area contributed by atoms with Gasteiger partial charge in [0.2, 0.25) is 0 Å². The predicted octanol–water partition coefficient (Wildman–Crippen LogP) is 5.33. The average molecular weight is 356 g/mol. The van der Waals surface area contributed by atoms with Gasteiger partial charge in [-0.25, -0.2) is 0 Å². The number of fused-ring (bicyclic) bond motifs is 4. The molecule has 0 atom stereocenters. The Hall–Kier alpha value is -3.73. The minimum Gasteiger partial charge on any atom is -0.495 e. The number of methoxy groups -OCH3 is 1. The summed E-state index contributed by atoms with van der Waals surface area (Å²) in [5, 5.41) is 5.87. The highest BCUT2D eigenvalue weighted by Crippen LogP contribution is 2.36. The zero-order valence-electron chi connectivity index (χ0n) is 14.6. The largest absolute Gasteiger partial charge is 0.495 e. The third-order valence-electron chi connectivity index (χ3n) is 4.72. The second kappa shape index (κ2) is 5.92. The van der Waals surface area contributed by atoms with Crippen molar-refractivity contribution in [2.24, 2.45) is 0 Å². The number of hydrogen-bond donors (Lipinski definition) is 2. The summed E-state index contributed by atoms with van der Waals surface area (Å²) in [4.78, 5) is 15.9. The Labute approximate surface area is 154 Å². The Balaban J connectivity index is 1.57. The zero-order valence-corrected chi connectivity index (χ0v) is 14.6. The van der Waals surface area contributed by atoms with Gasteiger partial charge in [0, 0.05) is 27.7 Å². The fourth-order valence-corrected chi connectivity index (χ4v) is 3.40. The van der Waals surface area contributed by atoms with Crippen molar-refractivity contribution in [3.63, 3.8) is 0 Å². The molecule has 0 spiro atoms. The molecule has 2 N–H and O–H groups in total. The molecule has 3 aromatic carbocycles. The van der Waals surface area contributed by atoms with Gasteiger partial charge in [-0.3, -0.25) is 4.79 Å². The SMILES string of the molecule is COc1cc2c(cc1NC(=O)c1cc3ccccc3[nH]1)oc1ccccc12. The quantitative estimate of drug-likeness (QED) is 0.459. The molecule has 0 radical (unpaired) electrons. The molecule has 0 aliphatic heterocycles. The Morgan fingerprint density at radius 2 is 1.78 bits per heavy atom. The van der Waals surface area contributed by atoms with Crippen LogP contribution in [0.25, 0.3) is 32.8 Å². The highest BCUT2D eigenvalue weighted by atomic mass is 16.5. The Morgan fingerprint density at radius 1 is 0.963 bits per heavy atom. The molecule has 0 bridgehead atoms. The lowest BCUT2D eigenvalue weighted by molar-refractivity contribution is 0.102. The maximum Gasteiger partial charge on any atom is 0.272 e. The van der Waals surface area contributed by atoms with Gasteiger partial charge in [-0.1, -0.05) is 36.4 Å². The van der Waals surface area contributed by atoms with Crippen molar-refractivity contribution in [1.29, 1.82) is 0 Å². The normalized spacial score (nSPS) is 11.3. The fourth-order valence-electron chi connectivity index (χ4n) is 3.40. The minimum absolute atomic E-state index is 0.236. The van der Waals surface area contributed by atoms with Crippen molar-refractivity contribution in [2.75, 3.05) is 12.4 Å². The van der Waals surface area contributed by atoms with E-state index in [2.05, 4.69) is 10.3 Å². The molecule has 27 heavy (non-hydrogen) atoms. The molecule has 0 aliphatic rings. The molecule has 5 rings (SSSR count). The number of anilines is 1. The molecule has 0 unspecified atom stereocenters. The van der Waals surface area contributed by atoms with Gasteiger partial charge in [0.25, 0.3) is 5.91 Å². The maximum atomic E-state index is 12.7. The topological polar surface area (TPSA) is 67.3 Å². The number of aromatic amines is 1. The van der Waals surface area contributed by atoms with Crippen LogP contribution in [0.5, 0.6) is 5.75 Å². The molecular formula is C22H16N2O3. The second-order valence-corrected chi connectivity index (χ2v) is 6.37.